The third-order valence-corrected chi connectivity index (χ3v) is 7.04. The molecule has 0 aliphatic carbocycles. The quantitative estimate of drug-likeness (QED) is 0.330. The number of aromatic nitrogens is 1. The van der Waals surface area contributed by atoms with Crippen LogP contribution in [0.15, 0.2) is 44.2 Å². The summed E-state index contributed by atoms with van der Waals surface area (Å²) in [6, 6.07) is 6.69. The number of oxime groups is 1. The van der Waals surface area contributed by atoms with Gasteiger partial charge in [-0.15, -0.1) is 11.3 Å². The van der Waals surface area contributed by atoms with Crippen LogP contribution in [0, 0.1) is 6.92 Å². The molecule has 0 saturated heterocycles. The molecular weight excluding hydrogens is 442 g/mol. The number of hydrogen-bond acceptors (Lipinski definition) is 9. The molecule has 9 nitrogen and oxygen atoms in total. The fourth-order valence-corrected chi connectivity index (χ4v) is 5.33. The van der Waals surface area contributed by atoms with E-state index in [-0.39, 0.29) is 39.6 Å². The molecule has 2 N–H and O–H groups in total. The van der Waals surface area contributed by atoms with Gasteiger partial charge in [0.25, 0.3) is 15.9 Å². The predicted molar refractivity (Wildman–Crippen MR) is 106 cm³/mol. The molecular formula is C17H14ClN3O6S2. The molecule has 0 bridgehead atoms. The summed E-state index contributed by atoms with van der Waals surface area (Å²) in [6.45, 7) is 1.73. The number of anilines is 1. The molecule has 4 rings (SSSR count). The van der Waals surface area contributed by atoms with Crippen LogP contribution >= 0.6 is 22.9 Å². The third-order valence-electron chi connectivity index (χ3n) is 4.13. The van der Waals surface area contributed by atoms with Gasteiger partial charge in [0.15, 0.2) is 11.5 Å². The van der Waals surface area contributed by atoms with Crippen molar-refractivity contribution in [2.75, 3.05) is 11.5 Å². The Bertz CT molecular complexity index is 1200. The van der Waals surface area contributed by atoms with Crippen molar-refractivity contribution in [1.82, 2.24) is 5.16 Å². The number of sulfonamides is 1. The van der Waals surface area contributed by atoms with E-state index < -0.39 is 10.0 Å². The number of nitrogens with one attached hydrogen (secondary N) is 1. The first-order valence-corrected chi connectivity index (χ1v) is 10.9. The molecule has 0 fully saturated rings. The summed E-state index contributed by atoms with van der Waals surface area (Å²) in [6.07, 6.45) is 0.179. The number of thiophene rings is 1. The largest absolute Gasteiger partial charge is 0.454 e. The lowest BCUT2D eigenvalue weighted by Gasteiger charge is -2.09. The second-order valence-corrected chi connectivity index (χ2v) is 8.99. The number of benzene rings is 1. The minimum absolute atomic E-state index is 0.0684. The number of halogens is 1. The summed E-state index contributed by atoms with van der Waals surface area (Å²) >= 11 is 7.12. The van der Waals surface area contributed by atoms with Crippen molar-refractivity contribution < 1.29 is 27.6 Å². The van der Waals surface area contributed by atoms with E-state index in [9.17, 15) is 13.6 Å². The number of fused-ring (bicyclic) bond motifs is 1. The second kappa shape index (κ2) is 7.58. The van der Waals surface area contributed by atoms with Gasteiger partial charge in [-0.3, -0.25) is 0 Å². The van der Waals surface area contributed by atoms with E-state index in [1.807, 2.05) is 0 Å². The van der Waals surface area contributed by atoms with Crippen LogP contribution < -0.4 is 14.2 Å². The number of nitrogens with zero attached hydrogens (tertiary/aromatic N) is 2. The maximum absolute atomic E-state index is 12.8. The van der Waals surface area contributed by atoms with Crippen molar-refractivity contribution in [3.05, 3.63) is 50.8 Å². The van der Waals surface area contributed by atoms with Crippen molar-refractivity contribution >= 4 is 44.6 Å². The highest BCUT2D eigenvalue weighted by Crippen LogP contribution is 2.34. The SMILES string of the molecule is Cc1noc(NS(=O)(=O)c2ccsc2/C(Cc2ccc3c(c2)OCO3)=N\O)c1Cl. The Kier molecular flexibility index (Phi) is 5.11. The van der Waals surface area contributed by atoms with E-state index in [2.05, 4.69) is 15.0 Å². The molecule has 3 heterocycles. The molecule has 12 heteroatoms. The maximum atomic E-state index is 12.8. The zero-order valence-corrected chi connectivity index (χ0v) is 17.3. The van der Waals surface area contributed by atoms with Crippen molar-refractivity contribution in [1.29, 1.82) is 0 Å². The van der Waals surface area contributed by atoms with Crippen molar-refractivity contribution in [2.24, 2.45) is 5.16 Å². The summed E-state index contributed by atoms with van der Waals surface area (Å²) in [5.41, 5.74) is 1.30. The molecule has 0 unspecified atom stereocenters. The molecule has 3 aromatic rings. The van der Waals surface area contributed by atoms with Crippen LogP contribution in [-0.4, -0.2) is 31.3 Å². The van der Waals surface area contributed by atoms with Crippen LogP contribution in [0.3, 0.4) is 0 Å². The van der Waals surface area contributed by atoms with Gasteiger partial charge in [-0.2, -0.15) is 0 Å². The number of ether oxygens (including phenoxy) is 2. The molecule has 0 radical (unpaired) electrons. The summed E-state index contributed by atoms with van der Waals surface area (Å²) in [5.74, 6) is 1.02. The fourth-order valence-electron chi connectivity index (χ4n) is 2.72. The lowest BCUT2D eigenvalue weighted by atomic mass is 10.1. The molecule has 0 saturated carbocycles. The first kappa shape index (κ1) is 19.6. The molecule has 1 aliphatic heterocycles. The van der Waals surface area contributed by atoms with Gasteiger partial charge in [0.2, 0.25) is 6.79 Å². The van der Waals surface area contributed by atoms with E-state index in [0.29, 0.717) is 17.2 Å². The Morgan fingerprint density at radius 2 is 2.14 bits per heavy atom. The third kappa shape index (κ3) is 3.76. The maximum Gasteiger partial charge on any atom is 0.265 e. The minimum Gasteiger partial charge on any atom is -0.454 e. The normalized spacial score (nSPS) is 13.7. The number of hydrogen-bond donors (Lipinski definition) is 2. The Labute approximate surface area is 174 Å². The molecule has 152 valence electrons. The molecule has 1 aromatic carbocycles. The highest BCUT2D eigenvalue weighted by molar-refractivity contribution is 7.93. The Morgan fingerprint density at radius 3 is 2.86 bits per heavy atom. The Hall–Kier alpha value is -2.76. The monoisotopic (exact) mass is 455 g/mol. The lowest BCUT2D eigenvalue weighted by Crippen LogP contribution is -2.16. The first-order chi connectivity index (χ1) is 13.9. The lowest BCUT2D eigenvalue weighted by molar-refractivity contribution is 0.174. The Morgan fingerprint density at radius 1 is 1.34 bits per heavy atom. The van der Waals surface area contributed by atoms with Gasteiger partial charge in [0.05, 0.1) is 4.88 Å². The number of rotatable bonds is 6. The van der Waals surface area contributed by atoms with Crippen molar-refractivity contribution in [2.45, 2.75) is 18.2 Å². The Balaban J connectivity index is 1.62. The summed E-state index contributed by atoms with van der Waals surface area (Å²) in [7, 11) is -4.06. The summed E-state index contributed by atoms with van der Waals surface area (Å²) in [5, 5.41) is 18.2. The zero-order valence-electron chi connectivity index (χ0n) is 14.9. The smallest absolute Gasteiger partial charge is 0.265 e. The van der Waals surface area contributed by atoms with E-state index in [1.54, 1.807) is 30.5 Å². The molecule has 0 atom stereocenters. The summed E-state index contributed by atoms with van der Waals surface area (Å²) in [4.78, 5) is 0.214. The zero-order chi connectivity index (χ0) is 20.6. The van der Waals surface area contributed by atoms with Gasteiger partial charge in [-0.1, -0.05) is 28.0 Å². The van der Waals surface area contributed by atoms with Gasteiger partial charge in [0.1, 0.15) is 21.3 Å². The topological polar surface area (TPSA) is 123 Å². The van der Waals surface area contributed by atoms with E-state index in [4.69, 9.17) is 25.6 Å². The van der Waals surface area contributed by atoms with Crippen molar-refractivity contribution in [3.8, 4) is 11.5 Å². The first-order valence-electron chi connectivity index (χ1n) is 8.21. The molecule has 29 heavy (non-hydrogen) atoms. The summed E-state index contributed by atoms with van der Waals surface area (Å²) < 4.78 is 43.5. The number of aryl methyl sites for hydroxylation is 1. The van der Waals surface area contributed by atoms with Crippen LogP contribution in [0.25, 0.3) is 0 Å². The van der Waals surface area contributed by atoms with Gasteiger partial charge in [-0.25, -0.2) is 13.1 Å². The standard InChI is InChI=1S/C17H14ClN3O6S2/c1-9-15(18)17(27-20-9)21-29(23,24)14-4-5-28-16(14)11(19-22)6-10-2-3-12-13(7-10)26-8-25-12/h2-5,7,21-22H,6,8H2,1H3/b19-11-. The molecule has 0 spiro atoms. The predicted octanol–water partition coefficient (Wildman–Crippen LogP) is 3.65. The van der Waals surface area contributed by atoms with Crippen LogP contribution in [0.1, 0.15) is 16.1 Å². The van der Waals surface area contributed by atoms with Gasteiger partial charge in [-0.05, 0) is 36.1 Å². The van der Waals surface area contributed by atoms with E-state index >= 15 is 0 Å². The van der Waals surface area contributed by atoms with E-state index in [0.717, 1.165) is 16.9 Å². The highest BCUT2D eigenvalue weighted by Gasteiger charge is 2.26. The van der Waals surface area contributed by atoms with Crippen LogP contribution in [0.5, 0.6) is 11.5 Å². The van der Waals surface area contributed by atoms with Gasteiger partial charge in [0, 0.05) is 6.42 Å². The molecule has 2 aromatic heterocycles. The molecule has 1 aliphatic rings. The fraction of sp³-hybridized carbons (Fsp3) is 0.176. The van der Waals surface area contributed by atoms with Crippen LogP contribution in [0.4, 0.5) is 5.88 Å². The van der Waals surface area contributed by atoms with Gasteiger partial charge >= 0.3 is 0 Å². The minimum atomic E-state index is -4.06. The van der Waals surface area contributed by atoms with Crippen molar-refractivity contribution in [3.63, 3.8) is 0 Å². The highest BCUT2D eigenvalue weighted by atomic mass is 35.5. The second-order valence-electron chi connectivity index (χ2n) is 6.04. The average molecular weight is 456 g/mol. The van der Waals surface area contributed by atoms with Gasteiger partial charge < -0.3 is 19.2 Å². The van der Waals surface area contributed by atoms with Crippen LogP contribution in [0.2, 0.25) is 5.02 Å². The van der Waals surface area contributed by atoms with Crippen LogP contribution in [-0.2, 0) is 16.4 Å². The van der Waals surface area contributed by atoms with E-state index in [1.165, 1.54) is 6.07 Å². The molecule has 0 amide bonds. The average Bonchev–Trinajstić information content (AvgIpc) is 3.42.